The molecule has 1 amide bonds. The van der Waals surface area contributed by atoms with Crippen LogP contribution in [0.15, 0.2) is 48.3 Å². The summed E-state index contributed by atoms with van der Waals surface area (Å²) in [4.78, 5) is 12.1. The third-order valence-corrected chi connectivity index (χ3v) is 7.42. The molecular formula is C27H41NO5Si. The Morgan fingerprint density at radius 3 is 2.53 bits per heavy atom. The van der Waals surface area contributed by atoms with Gasteiger partial charge in [-0.1, -0.05) is 30.7 Å². The van der Waals surface area contributed by atoms with E-state index in [9.17, 15) is 4.79 Å². The molecule has 0 unspecified atom stereocenters. The minimum atomic E-state index is -1.62. The molecule has 0 saturated carbocycles. The van der Waals surface area contributed by atoms with Crippen LogP contribution >= 0.6 is 0 Å². The average Bonchev–Trinajstić information content (AvgIpc) is 2.81. The van der Waals surface area contributed by atoms with Crippen molar-refractivity contribution in [2.24, 2.45) is 17.8 Å². The van der Waals surface area contributed by atoms with Gasteiger partial charge in [-0.15, -0.1) is 0 Å². The summed E-state index contributed by atoms with van der Waals surface area (Å²) in [5.74, 6) is 3.04. The van der Waals surface area contributed by atoms with Gasteiger partial charge in [0, 0.05) is 19.1 Å². The lowest BCUT2D eigenvalue weighted by molar-refractivity contribution is 0.113. The van der Waals surface area contributed by atoms with Crippen molar-refractivity contribution >= 4 is 14.4 Å². The highest BCUT2D eigenvalue weighted by Crippen LogP contribution is 2.41. The summed E-state index contributed by atoms with van der Waals surface area (Å²) >= 11 is 0. The van der Waals surface area contributed by atoms with Crippen LogP contribution in [0.3, 0.4) is 0 Å². The number of allylic oxidation sites excluding steroid dienone is 3. The van der Waals surface area contributed by atoms with E-state index in [1.54, 1.807) is 7.11 Å². The van der Waals surface area contributed by atoms with Gasteiger partial charge in [-0.05, 0) is 80.4 Å². The topological polar surface area (TPSA) is 66.0 Å². The molecule has 0 bridgehead atoms. The number of rotatable bonds is 11. The molecule has 4 atom stereocenters. The lowest BCUT2D eigenvalue weighted by atomic mass is 9.69. The summed E-state index contributed by atoms with van der Waals surface area (Å²) in [6.45, 7) is 7.99. The molecule has 2 aliphatic rings. The number of ether oxygens (including phenoxy) is 3. The van der Waals surface area contributed by atoms with E-state index >= 15 is 0 Å². The van der Waals surface area contributed by atoms with Gasteiger partial charge in [0.15, 0.2) is 0 Å². The van der Waals surface area contributed by atoms with E-state index in [0.717, 1.165) is 55.8 Å². The monoisotopic (exact) mass is 487 g/mol. The first-order chi connectivity index (χ1) is 16.3. The summed E-state index contributed by atoms with van der Waals surface area (Å²) in [7, 11) is 1.48. The van der Waals surface area contributed by atoms with Gasteiger partial charge >= 0.3 is 6.09 Å². The third kappa shape index (κ3) is 7.91. The summed E-state index contributed by atoms with van der Waals surface area (Å²) in [6, 6.07) is 8.05. The summed E-state index contributed by atoms with van der Waals surface area (Å²) < 4.78 is 22.3. The number of hydrogen-bond donors (Lipinski definition) is 1. The fourth-order valence-electron chi connectivity index (χ4n) is 4.91. The van der Waals surface area contributed by atoms with E-state index in [4.69, 9.17) is 18.6 Å². The fraction of sp³-hybridized carbons (Fsp3) is 0.593. The molecule has 1 N–H and O–H groups in total. The molecule has 3 rings (SSSR count). The largest absolute Gasteiger partial charge is 0.548 e. The number of hydrogen-bond acceptors (Lipinski definition) is 5. The van der Waals surface area contributed by atoms with Gasteiger partial charge in [0.25, 0.3) is 0 Å². The maximum absolute atomic E-state index is 12.1. The lowest BCUT2D eigenvalue weighted by Crippen LogP contribution is -2.49. The van der Waals surface area contributed by atoms with Crippen LogP contribution < -0.4 is 10.1 Å². The molecule has 2 aliphatic carbocycles. The van der Waals surface area contributed by atoms with E-state index in [-0.39, 0.29) is 12.1 Å². The molecule has 6 nitrogen and oxygen atoms in total. The van der Waals surface area contributed by atoms with Crippen LogP contribution in [0.1, 0.15) is 37.7 Å². The molecule has 0 heterocycles. The van der Waals surface area contributed by atoms with Gasteiger partial charge in [0.05, 0.1) is 26.6 Å². The number of unbranched alkanes of at least 4 members (excludes halogenated alkanes) is 1. The lowest BCUT2D eigenvalue weighted by Gasteiger charge is -2.42. The van der Waals surface area contributed by atoms with Crippen LogP contribution in [0.2, 0.25) is 19.6 Å². The SMILES string of the molecule is COC(=O)N[C@H]1[C@@H]2CC=C(O[Si](C)(C)C)C[C@H]2C=C[C@H]1CCCCOCc1ccc(OC)cc1. The second-order valence-corrected chi connectivity index (χ2v) is 14.7. The first-order valence-corrected chi connectivity index (χ1v) is 15.8. The number of alkyl carbamates (subject to hydrolysis) is 1. The Hall–Kier alpha value is -2.25. The van der Waals surface area contributed by atoms with Crippen LogP contribution in [-0.4, -0.2) is 41.3 Å². The Morgan fingerprint density at radius 2 is 1.85 bits per heavy atom. The number of amides is 1. The fourth-order valence-corrected chi connectivity index (χ4v) is 5.87. The minimum Gasteiger partial charge on any atom is -0.548 e. The molecule has 1 aromatic rings. The van der Waals surface area contributed by atoms with E-state index < -0.39 is 8.32 Å². The summed E-state index contributed by atoms with van der Waals surface area (Å²) in [6.07, 6.45) is 11.4. The van der Waals surface area contributed by atoms with Crippen molar-refractivity contribution in [3.05, 3.63) is 53.8 Å². The van der Waals surface area contributed by atoms with Crippen LogP contribution in [0.25, 0.3) is 0 Å². The molecule has 0 saturated heterocycles. The van der Waals surface area contributed by atoms with Crippen LogP contribution in [0.4, 0.5) is 4.79 Å². The van der Waals surface area contributed by atoms with Gasteiger partial charge in [0.2, 0.25) is 8.32 Å². The molecule has 7 heteroatoms. The average molecular weight is 488 g/mol. The van der Waals surface area contributed by atoms with Crippen molar-refractivity contribution in [3.63, 3.8) is 0 Å². The highest BCUT2D eigenvalue weighted by molar-refractivity contribution is 6.70. The van der Waals surface area contributed by atoms with Gasteiger partial charge < -0.3 is 24.0 Å². The predicted molar refractivity (Wildman–Crippen MR) is 137 cm³/mol. The number of carbonyl (C=O) groups excluding carboxylic acids is 1. The zero-order valence-corrected chi connectivity index (χ0v) is 22.3. The molecule has 34 heavy (non-hydrogen) atoms. The van der Waals surface area contributed by atoms with Crippen LogP contribution in [-0.2, 0) is 20.5 Å². The van der Waals surface area contributed by atoms with Crippen LogP contribution in [0, 0.1) is 17.8 Å². The van der Waals surface area contributed by atoms with E-state index in [1.165, 1.54) is 7.11 Å². The number of nitrogens with one attached hydrogen (secondary N) is 1. The maximum Gasteiger partial charge on any atom is 0.407 e. The quantitative estimate of drug-likeness (QED) is 0.234. The Bertz CT molecular complexity index is 846. The molecule has 0 spiro atoms. The molecule has 1 aromatic carbocycles. The third-order valence-electron chi connectivity index (χ3n) is 6.54. The molecule has 0 aromatic heterocycles. The first-order valence-electron chi connectivity index (χ1n) is 12.4. The highest BCUT2D eigenvalue weighted by Gasteiger charge is 2.39. The second-order valence-electron chi connectivity index (χ2n) is 10.3. The van der Waals surface area contributed by atoms with Crippen molar-refractivity contribution in [2.75, 3.05) is 20.8 Å². The Labute approximate surface area is 205 Å². The van der Waals surface area contributed by atoms with Crippen molar-refractivity contribution < 1.29 is 23.4 Å². The standard InChI is InChI=1S/C27H41NO5Si/c1-30-23-13-9-20(10-14-23)19-32-17-7-6-8-21-11-12-22-18-24(33-34(3,4)5)15-16-25(22)26(21)28-27(29)31-2/h9-15,21-22,25-26H,6-8,16-19H2,1-5H3,(H,28,29)/t21-,22-,25-,26-/m1/s1. The predicted octanol–water partition coefficient (Wildman–Crippen LogP) is 6.05. The Kier molecular flexibility index (Phi) is 9.65. The van der Waals surface area contributed by atoms with Crippen molar-refractivity contribution in [1.82, 2.24) is 5.32 Å². The highest BCUT2D eigenvalue weighted by atomic mass is 28.4. The van der Waals surface area contributed by atoms with E-state index in [2.05, 4.69) is 43.2 Å². The number of benzene rings is 1. The van der Waals surface area contributed by atoms with Crippen molar-refractivity contribution in [1.29, 1.82) is 0 Å². The van der Waals surface area contributed by atoms with Crippen LogP contribution in [0.5, 0.6) is 5.75 Å². The number of carbonyl (C=O) groups is 1. The van der Waals surface area contributed by atoms with Gasteiger partial charge in [-0.2, -0.15) is 0 Å². The molecule has 188 valence electrons. The van der Waals surface area contributed by atoms with Crippen molar-refractivity contribution in [3.8, 4) is 5.75 Å². The van der Waals surface area contributed by atoms with Gasteiger partial charge in [0.1, 0.15) is 5.75 Å². The number of methoxy groups -OCH3 is 2. The minimum absolute atomic E-state index is 0.0762. The Balaban J connectivity index is 1.49. The summed E-state index contributed by atoms with van der Waals surface area (Å²) in [5, 5.41) is 3.15. The number of fused-ring (bicyclic) bond motifs is 1. The zero-order valence-electron chi connectivity index (χ0n) is 21.3. The van der Waals surface area contributed by atoms with Gasteiger partial charge in [-0.3, -0.25) is 0 Å². The normalized spacial score (nSPS) is 24.1. The van der Waals surface area contributed by atoms with Crippen molar-refractivity contribution in [2.45, 2.75) is 64.4 Å². The zero-order chi connectivity index (χ0) is 24.6. The smallest absolute Gasteiger partial charge is 0.407 e. The molecular weight excluding hydrogens is 446 g/mol. The Morgan fingerprint density at radius 1 is 1.09 bits per heavy atom. The second kappa shape index (κ2) is 12.5. The first kappa shape index (κ1) is 26.4. The van der Waals surface area contributed by atoms with E-state index in [1.807, 2.05) is 24.3 Å². The molecule has 0 fully saturated rings. The molecule has 0 aliphatic heterocycles. The summed E-state index contributed by atoms with van der Waals surface area (Å²) in [5.41, 5.74) is 1.15. The van der Waals surface area contributed by atoms with E-state index in [0.29, 0.717) is 24.4 Å². The maximum atomic E-state index is 12.1. The molecule has 0 radical (unpaired) electrons. The van der Waals surface area contributed by atoms with Gasteiger partial charge in [-0.25, -0.2) is 4.79 Å².